The van der Waals surface area contributed by atoms with E-state index >= 15 is 0 Å². The van der Waals surface area contributed by atoms with Crippen LogP contribution in [0.3, 0.4) is 0 Å². The average Bonchev–Trinajstić information content (AvgIpc) is 2.30. The molecule has 1 atom stereocenters. The summed E-state index contributed by atoms with van der Waals surface area (Å²) in [6.45, 7) is 6.59. The van der Waals surface area contributed by atoms with Crippen LogP contribution in [-0.2, 0) is 0 Å². The minimum Gasteiger partial charge on any atom is -0.373 e. The first-order valence-electron chi connectivity index (χ1n) is 6.26. The number of thioether (sulfide) groups is 1. The van der Waals surface area contributed by atoms with Gasteiger partial charge in [-0.05, 0) is 25.5 Å². The van der Waals surface area contributed by atoms with Gasteiger partial charge in [-0.25, -0.2) is 0 Å². The van der Waals surface area contributed by atoms with Gasteiger partial charge in [-0.15, -0.1) is 0 Å². The lowest BCUT2D eigenvalue weighted by Gasteiger charge is -2.30. The molecule has 0 radical (unpaired) electrons. The molecule has 2 rings (SSSR count). The highest BCUT2D eigenvalue weighted by Gasteiger charge is 2.15. The van der Waals surface area contributed by atoms with Crippen molar-refractivity contribution in [2.75, 3.05) is 36.5 Å². The molecule has 1 unspecified atom stereocenters. The van der Waals surface area contributed by atoms with Crippen molar-refractivity contribution in [3.8, 4) is 0 Å². The molecule has 0 spiro atoms. The van der Waals surface area contributed by atoms with E-state index in [1.165, 1.54) is 28.3 Å². The fourth-order valence-electron chi connectivity index (χ4n) is 2.40. The molecule has 0 bridgehead atoms. The SMILES string of the molecule is Cc1ccc(N(C)CC2CSCCN2)c(C)c1. The Balaban J connectivity index is 2.00. The van der Waals surface area contributed by atoms with Gasteiger partial charge in [-0.3, -0.25) is 0 Å². The smallest absolute Gasteiger partial charge is 0.0394 e. The van der Waals surface area contributed by atoms with Crippen LogP contribution in [0.5, 0.6) is 0 Å². The highest BCUT2D eigenvalue weighted by atomic mass is 32.2. The van der Waals surface area contributed by atoms with Gasteiger partial charge in [0.25, 0.3) is 0 Å². The second-order valence-electron chi connectivity index (χ2n) is 4.90. The molecular formula is C14H22N2S. The van der Waals surface area contributed by atoms with E-state index < -0.39 is 0 Å². The third-order valence-electron chi connectivity index (χ3n) is 3.26. The zero-order valence-electron chi connectivity index (χ0n) is 11.0. The molecule has 0 saturated carbocycles. The Hall–Kier alpha value is -0.670. The van der Waals surface area contributed by atoms with Gasteiger partial charge in [0.2, 0.25) is 0 Å². The zero-order chi connectivity index (χ0) is 12.3. The number of anilines is 1. The number of nitrogens with one attached hydrogen (secondary N) is 1. The molecule has 17 heavy (non-hydrogen) atoms. The van der Waals surface area contributed by atoms with E-state index in [9.17, 15) is 0 Å². The van der Waals surface area contributed by atoms with E-state index in [4.69, 9.17) is 0 Å². The van der Waals surface area contributed by atoms with Crippen molar-refractivity contribution in [3.05, 3.63) is 29.3 Å². The molecule has 1 saturated heterocycles. The number of nitrogens with zero attached hydrogens (tertiary/aromatic N) is 1. The van der Waals surface area contributed by atoms with Crippen molar-refractivity contribution < 1.29 is 0 Å². The summed E-state index contributed by atoms with van der Waals surface area (Å²) in [5, 5.41) is 3.59. The van der Waals surface area contributed by atoms with Gasteiger partial charge in [0.15, 0.2) is 0 Å². The summed E-state index contributed by atoms with van der Waals surface area (Å²) in [4.78, 5) is 2.37. The second-order valence-corrected chi connectivity index (χ2v) is 6.05. The van der Waals surface area contributed by atoms with E-state index in [1.54, 1.807) is 0 Å². The number of rotatable bonds is 3. The van der Waals surface area contributed by atoms with Gasteiger partial charge in [-0.2, -0.15) is 11.8 Å². The van der Waals surface area contributed by atoms with E-state index in [0.29, 0.717) is 6.04 Å². The van der Waals surface area contributed by atoms with Crippen LogP contribution in [0.1, 0.15) is 11.1 Å². The van der Waals surface area contributed by atoms with Crippen LogP contribution in [0.2, 0.25) is 0 Å². The molecule has 1 fully saturated rings. The molecule has 1 aromatic carbocycles. The Morgan fingerprint density at radius 2 is 2.24 bits per heavy atom. The summed E-state index contributed by atoms with van der Waals surface area (Å²) >= 11 is 2.06. The van der Waals surface area contributed by atoms with Crippen LogP contribution >= 0.6 is 11.8 Å². The van der Waals surface area contributed by atoms with Crippen molar-refractivity contribution in [2.24, 2.45) is 0 Å². The van der Waals surface area contributed by atoms with Crippen molar-refractivity contribution in [2.45, 2.75) is 19.9 Å². The largest absolute Gasteiger partial charge is 0.373 e. The molecule has 94 valence electrons. The Morgan fingerprint density at radius 1 is 1.41 bits per heavy atom. The maximum Gasteiger partial charge on any atom is 0.0394 e. The summed E-state index contributed by atoms with van der Waals surface area (Å²) in [6.07, 6.45) is 0. The van der Waals surface area contributed by atoms with Gasteiger partial charge in [0, 0.05) is 43.4 Å². The van der Waals surface area contributed by atoms with Crippen LogP contribution in [-0.4, -0.2) is 37.7 Å². The number of benzene rings is 1. The number of hydrogen-bond donors (Lipinski definition) is 1. The summed E-state index contributed by atoms with van der Waals surface area (Å²) in [5.74, 6) is 2.49. The fourth-order valence-corrected chi connectivity index (χ4v) is 3.34. The van der Waals surface area contributed by atoms with Crippen molar-refractivity contribution >= 4 is 17.4 Å². The van der Waals surface area contributed by atoms with Crippen molar-refractivity contribution in [1.82, 2.24) is 5.32 Å². The number of likely N-dealkylation sites (N-methyl/N-ethyl adjacent to an activating group) is 1. The summed E-state index contributed by atoms with van der Waals surface area (Å²) in [6, 6.07) is 7.32. The number of aryl methyl sites for hydroxylation is 2. The quantitative estimate of drug-likeness (QED) is 0.887. The normalized spacial score (nSPS) is 20.3. The molecule has 1 N–H and O–H groups in total. The summed E-state index contributed by atoms with van der Waals surface area (Å²) in [5.41, 5.74) is 4.06. The van der Waals surface area contributed by atoms with Crippen LogP contribution in [0, 0.1) is 13.8 Å². The lowest BCUT2D eigenvalue weighted by molar-refractivity contribution is 0.562. The Kier molecular flexibility index (Phi) is 4.35. The third kappa shape index (κ3) is 3.39. The molecule has 2 nitrogen and oxygen atoms in total. The van der Waals surface area contributed by atoms with Gasteiger partial charge in [-0.1, -0.05) is 17.7 Å². The van der Waals surface area contributed by atoms with Gasteiger partial charge in [0.05, 0.1) is 0 Å². The molecule has 0 aliphatic carbocycles. The van der Waals surface area contributed by atoms with Crippen molar-refractivity contribution in [1.29, 1.82) is 0 Å². The predicted octanol–water partition coefficient (Wildman–Crippen LogP) is 2.44. The lowest BCUT2D eigenvalue weighted by Crippen LogP contribution is -2.45. The maximum absolute atomic E-state index is 3.59. The van der Waals surface area contributed by atoms with E-state index in [-0.39, 0.29) is 0 Å². The summed E-state index contributed by atoms with van der Waals surface area (Å²) < 4.78 is 0. The minimum atomic E-state index is 0.624. The van der Waals surface area contributed by atoms with Gasteiger partial charge < -0.3 is 10.2 Å². The molecule has 3 heteroatoms. The lowest BCUT2D eigenvalue weighted by atomic mass is 10.1. The fraction of sp³-hybridized carbons (Fsp3) is 0.571. The highest BCUT2D eigenvalue weighted by Crippen LogP contribution is 2.20. The zero-order valence-corrected chi connectivity index (χ0v) is 11.8. The predicted molar refractivity (Wildman–Crippen MR) is 78.3 cm³/mol. The standard InChI is InChI=1S/C14H22N2S/c1-11-4-5-14(12(2)8-11)16(3)9-13-10-17-7-6-15-13/h4-5,8,13,15H,6-7,9-10H2,1-3H3. The summed E-state index contributed by atoms with van der Waals surface area (Å²) in [7, 11) is 2.19. The molecule has 0 aromatic heterocycles. The van der Waals surface area contributed by atoms with Crippen molar-refractivity contribution in [3.63, 3.8) is 0 Å². The van der Waals surface area contributed by atoms with Crippen LogP contribution < -0.4 is 10.2 Å². The monoisotopic (exact) mass is 250 g/mol. The van der Waals surface area contributed by atoms with Crippen LogP contribution in [0.4, 0.5) is 5.69 Å². The van der Waals surface area contributed by atoms with Crippen LogP contribution in [0.15, 0.2) is 18.2 Å². The topological polar surface area (TPSA) is 15.3 Å². The molecule has 1 aromatic rings. The van der Waals surface area contributed by atoms with E-state index in [1.807, 2.05) is 0 Å². The third-order valence-corrected chi connectivity index (χ3v) is 4.39. The maximum atomic E-state index is 3.59. The molecular weight excluding hydrogens is 228 g/mol. The van der Waals surface area contributed by atoms with Gasteiger partial charge >= 0.3 is 0 Å². The molecule has 0 amide bonds. The van der Waals surface area contributed by atoms with E-state index in [2.05, 4.69) is 61.1 Å². The van der Waals surface area contributed by atoms with E-state index in [0.717, 1.165) is 13.1 Å². The first kappa shape index (κ1) is 12.8. The molecule has 1 aliphatic rings. The van der Waals surface area contributed by atoms with Crippen LogP contribution in [0.25, 0.3) is 0 Å². The Labute approximate surface area is 109 Å². The minimum absolute atomic E-state index is 0.624. The first-order chi connectivity index (χ1) is 8.16. The first-order valence-corrected chi connectivity index (χ1v) is 7.42. The van der Waals surface area contributed by atoms with Gasteiger partial charge in [0.1, 0.15) is 0 Å². The second kappa shape index (κ2) is 5.78. The average molecular weight is 250 g/mol. The highest BCUT2D eigenvalue weighted by molar-refractivity contribution is 7.99. The molecule has 1 aliphatic heterocycles. The number of hydrogen-bond acceptors (Lipinski definition) is 3. The Bertz CT molecular complexity index is 372. The Morgan fingerprint density at radius 3 is 2.88 bits per heavy atom. The molecule has 1 heterocycles.